The number of benzene rings is 1. The van der Waals surface area contributed by atoms with Crippen LogP contribution in [0.25, 0.3) is 0 Å². The molecule has 0 aliphatic carbocycles. The van der Waals surface area contributed by atoms with Gasteiger partial charge in [0.2, 0.25) is 10.0 Å². The molecule has 1 unspecified atom stereocenters. The van der Waals surface area contributed by atoms with Crippen LogP contribution >= 0.6 is 11.8 Å². The molecule has 0 radical (unpaired) electrons. The summed E-state index contributed by atoms with van der Waals surface area (Å²) in [5.74, 6) is 4.25. The molecule has 2 rings (SSSR count). The van der Waals surface area contributed by atoms with Gasteiger partial charge < -0.3 is 5.73 Å². The summed E-state index contributed by atoms with van der Waals surface area (Å²) in [4.78, 5) is -0.623. The molecule has 3 N–H and O–H groups in total. The minimum Gasteiger partial charge on any atom is -0.320 e. The maximum absolute atomic E-state index is 13.9. The number of rotatable bonds is 3. The molecule has 1 aliphatic heterocycles. The molecule has 21 heavy (non-hydrogen) atoms. The van der Waals surface area contributed by atoms with Crippen LogP contribution in [-0.2, 0) is 10.0 Å². The number of nitrogens with one attached hydrogen (secondary N) is 1. The van der Waals surface area contributed by atoms with Gasteiger partial charge in [0.05, 0.1) is 12.1 Å². The second kappa shape index (κ2) is 6.75. The molecule has 4 nitrogen and oxygen atoms in total. The molecule has 0 aromatic heterocycles. The van der Waals surface area contributed by atoms with Crippen LogP contribution in [0.3, 0.4) is 0 Å². The van der Waals surface area contributed by atoms with Gasteiger partial charge >= 0.3 is 0 Å². The first-order chi connectivity index (χ1) is 9.94. The van der Waals surface area contributed by atoms with Crippen LogP contribution in [0.4, 0.5) is 8.78 Å². The quantitative estimate of drug-likeness (QED) is 0.812. The summed E-state index contributed by atoms with van der Waals surface area (Å²) in [6, 6.07) is 1.18. The SMILES string of the molecule is NCC#Cc1cc(F)cc(F)c1S(=O)(=O)NC1CCSC1. The van der Waals surface area contributed by atoms with Crippen LogP contribution < -0.4 is 10.5 Å². The van der Waals surface area contributed by atoms with Crippen LogP contribution in [0.15, 0.2) is 17.0 Å². The van der Waals surface area contributed by atoms with Crippen molar-refractivity contribution in [2.75, 3.05) is 18.1 Å². The molecule has 114 valence electrons. The lowest BCUT2D eigenvalue weighted by Crippen LogP contribution is -2.35. The molecule has 1 aromatic carbocycles. The standard InChI is InChI=1S/C13H14F2N2O2S2/c14-10-6-9(2-1-4-16)13(12(15)7-10)21(18,19)17-11-3-5-20-8-11/h6-7,11,17H,3-5,8,16H2. The van der Waals surface area contributed by atoms with Gasteiger partial charge in [0, 0.05) is 17.9 Å². The molecule has 0 saturated carbocycles. The number of sulfonamides is 1. The van der Waals surface area contributed by atoms with Gasteiger partial charge in [0.1, 0.15) is 16.5 Å². The smallest absolute Gasteiger partial charge is 0.245 e. The zero-order valence-corrected chi connectivity index (χ0v) is 12.7. The van der Waals surface area contributed by atoms with E-state index in [-0.39, 0.29) is 18.2 Å². The van der Waals surface area contributed by atoms with E-state index in [0.717, 1.165) is 11.8 Å². The zero-order chi connectivity index (χ0) is 15.5. The fraction of sp³-hybridized carbons (Fsp3) is 0.385. The molecular formula is C13H14F2N2O2S2. The Hall–Kier alpha value is -1.14. The van der Waals surface area contributed by atoms with Gasteiger partial charge in [-0.3, -0.25) is 0 Å². The number of hydrogen-bond donors (Lipinski definition) is 2. The van der Waals surface area contributed by atoms with E-state index in [1.807, 2.05) is 0 Å². The molecule has 1 heterocycles. The van der Waals surface area contributed by atoms with E-state index in [2.05, 4.69) is 16.6 Å². The molecule has 0 bridgehead atoms. The van der Waals surface area contributed by atoms with Crippen molar-refractivity contribution in [3.8, 4) is 11.8 Å². The Labute approximate surface area is 126 Å². The van der Waals surface area contributed by atoms with E-state index >= 15 is 0 Å². The Morgan fingerprint density at radius 1 is 1.43 bits per heavy atom. The summed E-state index contributed by atoms with van der Waals surface area (Å²) in [5, 5.41) is 0. The largest absolute Gasteiger partial charge is 0.320 e. The Balaban J connectivity index is 2.45. The van der Waals surface area contributed by atoms with Crippen LogP contribution in [-0.4, -0.2) is 32.5 Å². The molecule has 0 spiro atoms. The first-order valence-corrected chi connectivity index (χ1v) is 8.86. The van der Waals surface area contributed by atoms with Crippen LogP contribution in [0.5, 0.6) is 0 Å². The Morgan fingerprint density at radius 3 is 2.81 bits per heavy atom. The third kappa shape index (κ3) is 3.95. The third-order valence-electron chi connectivity index (χ3n) is 2.85. The van der Waals surface area contributed by atoms with Crippen molar-refractivity contribution in [1.29, 1.82) is 0 Å². The van der Waals surface area contributed by atoms with Crippen molar-refractivity contribution in [2.45, 2.75) is 17.4 Å². The van der Waals surface area contributed by atoms with Gasteiger partial charge in [-0.15, -0.1) is 0 Å². The maximum atomic E-state index is 13.9. The summed E-state index contributed by atoms with van der Waals surface area (Å²) in [6.07, 6.45) is 0.677. The number of nitrogens with two attached hydrogens (primary N) is 1. The Morgan fingerprint density at radius 2 is 2.19 bits per heavy atom. The average Bonchev–Trinajstić information content (AvgIpc) is 2.86. The summed E-state index contributed by atoms with van der Waals surface area (Å²) < 4.78 is 54.3. The van der Waals surface area contributed by atoms with Crippen molar-refractivity contribution in [3.05, 3.63) is 29.3 Å². The predicted molar refractivity (Wildman–Crippen MR) is 78.3 cm³/mol. The Bertz CT molecular complexity index is 690. The minimum absolute atomic E-state index is 0.0374. The maximum Gasteiger partial charge on any atom is 0.245 e. The highest BCUT2D eigenvalue weighted by Crippen LogP contribution is 2.24. The normalized spacial score (nSPS) is 18.3. The van der Waals surface area contributed by atoms with E-state index in [1.165, 1.54) is 0 Å². The number of thioether (sulfide) groups is 1. The van der Waals surface area contributed by atoms with Crippen LogP contribution in [0.2, 0.25) is 0 Å². The zero-order valence-electron chi connectivity index (χ0n) is 11.0. The van der Waals surface area contributed by atoms with E-state index in [0.29, 0.717) is 18.2 Å². The number of halogens is 2. The molecule has 8 heteroatoms. The summed E-state index contributed by atoms with van der Waals surface area (Å²) in [7, 11) is -4.10. The van der Waals surface area contributed by atoms with Crippen LogP contribution in [0, 0.1) is 23.5 Å². The average molecular weight is 332 g/mol. The van der Waals surface area contributed by atoms with Gasteiger partial charge in [0.25, 0.3) is 0 Å². The first-order valence-electron chi connectivity index (χ1n) is 6.22. The molecule has 1 fully saturated rings. The predicted octanol–water partition coefficient (Wildman–Crippen LogP) is 1.06. The van der Waals surface area contributed by atoms with Crippen molar-refractivity contribution in [2.24, 2.45) is 5.73 Å². The highest BCUT2D eigenvalue weighted by atomic mass is 32.2. The fourth-order valence-electron chi connectivity index (χ4n) is 1.98. The number of hydrogen-bond acceptors (Lipinski definition) is 4. The van der Waals surface area contributed by atoms with Gasteiger partial charge in [-0.25, -0.2) is 21.9 Å². The van der Waals surface area contributed by atoms with Crippen molar-refractivity contribution in [3.63, 3.8) is 0 Å². The minimum atomic E-state index is -4.10. The summed E-state index contributed by atoms with van der Waals surface area (Å²) in [6.45, 7) is -0.0374. The van der Waals surface area contributed by atoms with E-state index in [1.54, 1.807) is 11.8 Å². The Kier molecular flexibility index (Phi) is 5.22. The molecular weight excluding hydrogens is 318 g/mol. The third-order valence-corrected chi connectivity index (χ3v) is 5.61. The van der Waals surface area contributed by atoms with E-state index in [4.69, 9.17) is 5.73 Å². The highest BCUT2D eigenvalue weighted by molar-refractivity contribution is 7.99. The van der Waals surface area contributed by atoms with Gasteiger partial charge in [-0.05, 0) is 18.2 Å². The lowest BCUT2D eigenvalue weighted by Gasteiger charge is -2.14. The second-order valence-corrected chi connectivity index (χ2v) is 7.25. The topological polar surface area (TPSA) is 72.2 Å². The molecule has 1 aliphatic rings. The van der Waals surface area contributed by atoms with Gasteiger partial charge in [-0.1, -0.05) is 11.8 Å². The molecule has 1 saturated heterocycles. The van der Waals surface area contributed by atoms with Gasteiger partial charge in [-0.2, -0.15) is 11.8 Å². The monoisotopic (exact) mass is 332 g/mol. The first kappa shape index (κ1) is 16.2. The lowest BCUT2D eigenvalue weighted by molar-refractivity contribution is 0.534. The van der Waals surface area contributed by atoms with E-state index < -0.39 is 26.6 Å². The lowest BCUT2D eigenvalue weighted by atomic mass is 10.2. The molecule has 1 aromatic rings. The van der Waals surface area contributed by atoms with Crippen LogP contribution in [0.1, 0.15) is 12.0 Å². The second-order valence-electron chi connectivity index (χ2n) is 4.45. The summed E-state index contributed by atoms with van der Waals surface area (Å²) in [5.41, 5.74) is 4.99. The van der Waals surface area contributed by atoms with Crippen molar-refractivity contribution >= 4 is 21.8 Å². The molecule has 1 atom stereocenters. The fourth-order valence-corrected chi connectivity index (χ4v) is 4.71. The van der Waals surface area contributed by atoms with E-state index in [9.17, 15) is 17.2 Å². The molecule has 0 amide bonds. The summed E-state index contributed by atoms with van der Waals surface area (Å²) >= 11 is 1.62. The van der Waals surface area contributed by atoms with Crippen molar-refractivity contribution < 1.29 is 17.2 Å². The van der Waals surface area contributed by atoms with Gasteiger partial charge in [0.15, 0.2) is 0 Å². The highest BCUT2D eigenvalue weighted by Gasteiger charge is 2.28. The van der Waals surface area contributed by atoms with Crippen molar-refractivity contribution in [1.82, 2.24) is 4.72 Å².